The van der Waals surface area contributed by atoms with Gasteiger partial charge in [-0.25, -0.2) is 4.79 Å². The van der Waals surface area contributed by atoms with Gasteiger partial charge in [0, 0.05) is 12.1 Å². The van der Waals surface area contributed by atoms with E-state index in [0.717, 1.165) is 11.1 Å². The molecule has 4 rings (SSSR count). The van der Waals surface area contributed by atoms with Crippen LogP contribution < -0.4 is 26.6 Å². The van der Waals surface area contributed by atoms with Gasteiger partial charge in [-0.2, -0.15) is 0 Å². The maximum Gasteiger partial charge on any atom is 0.319 e. The second-order valence-electron chi connectivity index (χ2n) is 14.6. The van der Waals surface area contributed by atoms with Crippen molar-refractivity contribution in [1.82, 2.24) is 21.3 Å². The number of carbonyl (C=O) groups excluding carboxylic acids is 5. The van der Waals surface area contributed by atoms with Crippen molar-refractivity contribution in [3.8, 4) is 0 Å². The Morgan fingerprint density at radius 3 is 1.63 bits per heavy atom. The molecule has 0 bridgehead atoms. The van der Waals surface area contributed by atoms with Gasteiger partial charge in [0.15, 0.2) is 5.78 Å². The van der Waals surface area contributed by atoms with Crippen LogP contribution in [0.3, 0.4) is 0 Å². The van der Waals surface area contributed by atoms with Crippen molar-refractivity contribution in [1.29, 1.82) is 0 Å². The van der Waals surface area contributed by atoms with Gasteiger partial charge in [0.1, 0.15) is 23.7 Å². The van der Waals surface area contributed by atoms with Crippen LogP contribution >= 0.6 is 0 Å². The van der Waals surface area contributed by atoms with E-state index in [1.54, 1.807) is 31.2 Å². The van der Waals surface area contributed by atoms with Gasteiger partial charge in [-0.05, 0) is 67.7 Å². The summed E-state index contributed by atoms with van der Waals surface area (Å²) in [5.41, 5.74) is 1.44. The first kappa shape index (κ1) is 39.8. The number of amides is 5. The van der Waals surface area contributed by atoms with Crippen molar-refractivity contribution in [3.63, 3.8) is 0 Å². The van der Waals surface area contributed by atoms with Gasteiger partial charge in [0.2, 0.25) is 17.7 Å². The average molecular weight is 712 g/mol. The largest absolute Gasteiger partial charge is 0.361 e. The first-order chi connectivity index (χ1) is 24.8. The number of rotatable bonds is 19. The molecule has 52 heavy (non-hydrogen) atoms. The number of ether oxygens (including phenoxy) is 1. The number of epoxide rings is 1. The first-order valence-electron chi connectivity index (χ1n) is 18.1. The molecule has 0 radical (unpaired) electrons. The Bertz CT molecular complexity index is 1630. The quantitative estimate of drug-likeness (QED) is 0.111. The highest BCUT2D eigenvalue weighted by molar-refractivity contribution is 5.99. The van der Waals surface area contributed by atoms with E-state index in [1.807, 2.05) is 94.4 Å². The normalized spacial score (nSPS) is 17.3. The third-order valence-electron chi connectivity index (χ3n) is 8.91. The lowest BCUT2D eigenvalue weighted by molar-refractivity contribution is -0.134. The standard InChI is InChI=1S/C41H53N5O6/c1-27(2)23-33(36(47)41(5)26-52-41)43-39(50)35(25-30-17-11-7-12-18-30)45-38(49)34(24-28(3)4)44-37(48)32(22-21-29-15-9-6-10-16-29)46-40(51)42-31-19-13-8-14-20-31/h6-20,27-28,32-35H,21-26H2,1-5H3,(H,43,50)(H,44,48)(H,45,49)(H2,42,46,51)/t32-,33-,34-,35-,41+/m0/s1. The molecule has 0 saturated carbocycles. The summed E-state index contributed by atoms with van der Waals surface area (Å²) >= 11 is 0. The molecule has 0 aliphatic carbocycles. The number of hydrogen-bond donors (Lipinski definition) is 5. The van der Waals surface area contributed by atoms with E-state index in [0.29, 0.717) is 25.1 Å². The Balaban J connectivity index is 1.53. The molecule has 0 spiro atoms. The average Bonchev–Trinajstić information content (AvgIpc) is 3.87. The fourth-order valence-corrected chi connectivity index (χ4v) is 5.97. The lowest BCUT2D eigenvalue weighted by atomic mass is 9.93. The highest BCUT2D eigenvalue weighted by atomic mass is 16.6. The number of carbonyl (C=O) groups is 5. The number of aryl methyl sites for hydroxylation is 1. The van der Waals surface area contributed by atoms with E-state index in [-0.39, 0.29) is 36.9 Å². The van der Waals surface area contributed by atoms with E-state index < -0.39 is 53.5 Å². The minimum atomic E-state index is -1.04. The minimum Gasteiger partial charge on any atom is -0.361 e. The van der Waals surface area contributed by atoms with E-state index in [4.69, 9.17) is 4.74 Å². The van der Waals surface area contributed by atoms with Crippen molar-refractivity contribution in [2.75, 3.05) is 11.9 Å². The maximum absolute atomic E-state index is 14.1. The van der Waals surface area contributed by atoms with Crippen LogP contribution in [0.1, 0.15) is 65.0 Å². The molecule has 5 atom stereocenters. The molecule has 11 nitrogen and oxygen atoms in total. The van der Waals surface area contributed by atoms with Crippen LogP contribution in [0.4, 0.5) is 10.5 Å². The first-order valence-corrected chi connectivity index (χ1v) is 18.1. The third-order valence-corrected chi connectivity index (χ3v) is 8.91. The molecule has 3 aromatic carbocycles. The Morgan fingerprint density at radius 1 is 0.615 bits per heavy atom. The van der Waals surface area contributed by atoms with Crippen LogP contribution in [0.5, 0.6) is 0 Å². The second kappa shape index (κ2) is 19.0. The van der Waals surface area contributed by atoms with Crippen LogP contribution in [0.15, 0.2) is 91.0 Å². The van der Waals surface area contributed by atoms with Gasteiger partial charge in [-0.3, -0.25) is 19.2 Å². The number of benzene rings is 3. The zero-order valence-corrected chi connectivity index (χ0v) is 30.8. The minimum absolute atomic E-state index is 0.00175. The molecule has 1 saturated heterocycles. The summed E-state index contributed by atoms with van der Waals surface area (Å²) in [4.78, 5) is 68.3. The molecule has 0 aromatic heterocycles. The van der Waals surface area contributed by atoms with Crippen LogP contribution in [-0.4, -0.2) is 65.9 Å². The van der Waals surface area contributed by atoms with E-state index >= 15 is 0 Å². The predicted octanol–water partition coefficient (Wildman–Crippen LogP) is 4.96. The number of hydrogen-bond acceptors (Lipinski definition) is 6. The summed E-state index contributed by atoms with van der Waals surface area (Å²) in [5, 5.41) is 14.2. The molecule has 278 valence electrons. The highest BCUT2D eigenvalue weighted by Crippen LogP contribution is 2.29. The Kier molecular flexibility index (Phi) is 14.5. The van der Waals surface area contributed by atoms with Crippen LogP contribution in [-0.2, 0) is 36.8 Å². The van der Waals surface area contributed by atoms with Gasteiger partial charge in [0.05, 0.1) is 12.6 Å². The molecule has 11 heteroatoms. The van der Waals surface area contributed by atoms with Crippen molar-refractivity contribution in [2.24, 2.45) is 11.8 Å². The maximum atomic E-state index is 14.1. The number of para-hydroxylation sites is 1. The van der Waals surface area contributed by atoms with Gasteiger partial charge in [0.25, 0.3) is 0 Å². The highest BCUT2D eigenvalue weighted by Gasteiger charge is 2.50. The lowest BCUT2D eigenvalue weighted by Gasteiger charge is -2.28. The molecule has 5 amide bonds. The van der Waals surface area contributed by atoms with Gasteiger partial charge in [-0.15, -0.1) is 0 Å². The molecule has 1 fully saturated rings. The van der Waals surface area contributed by atoms with E-state index in [1.165, 1.54) is 0 Å². The van der Waals surface area contributed by atoms with Gasteiger partial charge >= 0.3 is 6.03 Å². The summed E-state index contributed by atoms with van der Waals surface area (Å²) in [6.45, 7) is 9.82. The van der Waals surface area contributed by atoms with Crippen LogP contribution in [0.2, 0.25) is 0 Å². The van der Waals surface area contributed by atoms with Crippen molar-refractivity contribution >= 4 is 35.2 Å². The van der Waals surface area contributed by atoms with Crippen LogP contribution in [0.25, 0.3) is 0 Å². The summed E-state index contributed by atoms with van der Waals surface area (Å²) < 4.78 is 5.40. The molecule has 3 aromatic rings. The number of anilines is 1. The Morgan fingerprint density at radius 2 is 1.08 bits per heavy atom. The van der Waals surface area contributed by atoms with Crippen LogP contribution in [0, 0.1) is 11.8 Å². The molecular weight excluding hydrogens is 658 g/mol. The summed E-state index contributed by atoms with van der Waals surface area (Å²) in [6.07, 6.45) is 1.64. The fraction of sp³-hybridized carbons (Fsp3) is 0.439. The molecule has 5 N–H and O–H groups in total. The van der Waals surface area contributed by atoms with Gasteiger partial charge in [-0.1, -0.05) is 107 Å². The van der Waals surface area contributed by atoms with E-state index in [2.05, 4.69) is 26.6 Å². The third kappa shape index (κ3) is 12.6. The summed E-state index contributed by atoms with van der Waals surface area (Å²) in [7, 11) is 0. The number of nitrogens with one attached hydrogen (secondary N) is 5. The summed E-state index contributed by atoms with van der Waals surface area (Å²) in [5.74, 6) is -1.66. The molecule has 0 unspecified atom stereocenters. The van der Waals surface area contributed by atoms with E-state index in [9.17, 15) is 24.0 Å². The SMILES string of the molecule is CC(C)C[C@H](NC(=O)[C@H](CCc1ccccc1)NC(=O)Nc1ccccc1)C(=O)N[C@@H](Cc1ccccc1)C(=O)N[C@@H](CC(C)C)C(=O)[C@@]1(C)CO1. The number of ketones is 1. The monoisotopic (exact) mass is 711 g/mol. The molecule has 1 aliphatic heterocycles. The zero-order valence-electron chi connectivity index (χ0n) is 30.8. The molecule has 1 heterocycles. The topological polar surface area (TPSA) is 158 Å². The summed E-state index contributed by atoms with van der Waals surface area (Å²) in [6, 6.07) is 23.4. The Labute approximate surface area is 307 Å². The smallest absolute Gasteiger partial charge is 0.319 e. The zero-order chi connectivity index (χ0) is 37.7. The molecular formula is C41H53N5O6. The predicted molar refractivity (Wildman–Crippen MR) is 201 cm³/mol. The van der Waals surface area contributed by atoms with Crippen molar-refractivity contribution < 1.29 is 28.7 Å². The fourth-order valence-electron chi connectivity index (χ4n) is 5.97. The van der Waals surface area contributed by atoms with Crippen molar-refractivity contribution in [3.05, 3.63) is 102 Å². The van der Waals surface area contributed by atoms with Crippen molar-refractivity contribution in [2.45, 2.75) is 96.5 Å². The number of urea groups is 1. The number of Topliss-reactive ketones (excluding diaryl/α,β-unsaturated/α-hetero) is 1. The second-order valence-corrected chi connectivity index (χ2v) is 14.6. The van der Waals surface area contributed by atoms with Gasteiger partial charge < -0.3 is 31.3 Å². The Hall–Kier alpha value is -5.03. The molecule has 1 aliphatic rings. The lowest BCUT2D eigenvalue weighted by Crippen LogP contribution is -2.59.